The number of aromatic nitrogens is 4. The van der Waals surface area contributed by atoms with E-state index >= 15 is 0 Å². The lowest BCUT2D eigenvalue weighted by atomic mass is 10.3. The normalized spacial score (nSPS) is 16.7. The van der Waals surface area contributed by atoms with Crippen molar-refractivity contribution in [2.45, 2.75) is 32.5 Å². The van der Waals surface area contributed by atoms with Crippen LogP contribution in [0.1, 0.15) is 26.1 Å². The van der Waals surface area contributed by atoms with Crippen LogP contribution in [0.3, 0.4) is 0 Å². The summed E-state index contributed by atoms with van der Waals surface area (Å²) in [6, 6.07) is 3.21. The molecule has 1 aliphatic heterocycles. The summed E-state index contributed by atoms with van der Waals surface area (Å²) < 4.78 is 39.8. The zero-order valence-electron chi connectivity index (χ0n) is 15.2. The lowest BCUT2D eigenvalue weighted by Gasteiger charge is -2.22. The molecule has 2 aromatic heterocycles. The molecule has 0 atom stereocenters. The summed E-state index contributed by atoms with van der Waals surface area (Å²) in [5.74, 6) is -0.736. The molecular formula is C16H22F3N7O. The minimum Gasteiger partial charge on any atom is -0.354 e. The van der Waals surface area contributed by atoms with E-state index in [1.165, 1.54) is 6.07 Å². The van der Waals surface area contributed by atoms with Gasteiger partial charge in [-0.2, -0.15) is 17.7 Å². The second-order valence-electron chi connectivity index (χ2n) is 6.82. The van der Waals surface area contributed by atoms with Crippen LogP contribution >= 0.6 is 0 Å². The van der Waals surface area contributed by atoms with Crippen molar-refractivity contribution in [1.29, 1.82) is 0 Å². The molecule has 0 spiro atoms. The Hall–Kier alpha value is -2.43. The van der Waals surface area contributed by atoms with Gasteiger partial charge in [0.2, 0.25) is 5.91 Å². The SMILES string of the molecule is CC(C)NC(=O)CN1CCCN(c2ccc3nnc(C(F)(F)F)n3n2)CC1. The number of rotatable bonds is 4. The molecule has 0 aromatic carbocycles. The van der Waals surface area contributed by atoms with Crippen LogP contribution in [0.15, 0.2) is 12.1 Å². The van der Waals surface area contributed by atoms with Crippen molar-refractivity contribution < 1.29 is 18.0 Å². The van der Waals surface area contributed by atoms with E-state index in [9.17, 15) is 18.0 Å². The maximum Gasteiger partial charge on any atom is 0.453 e. The Morgan fingerprint density at radius 2 is 1.96 bits per heavy atom. The molecule has 2 aromatic rings. The van der Waals surface area contributed by atoms with E-state index in [1.807, 2.05) is 23.6 Å². The minimum absolute atomic E-state index is 0.0303. The summed E-state index contributed by atoms with van der Waals surface area (Å²) in [6.07, 6.45) is -3.84. The van der Waals surface area contributed by atoms with Crippen molar-refractivity contribution in [2.75, 3.05) is 37.6 Å². The molecule has 3 rings (SSSR count). The van der Waals surface area contributed by atoms with Gasteiger partial charge in [0.05, 0.1) is 6.54 Å². The number of fused-ring (bicyclic) bond motifs is 1. The van der Waals surface area contributed by atoms with Crippen LogP contribution in [-0.4, -0.2) is 69.4 Å². The average Bonchev–Trinajstić information content (AvgIpc) is 2.87. The standard InChI is InChI=1S/C16H22F3N7O/c1-11(2)20-14(27)10-24-6-3-7-25(9-8-24)13-5-4-12-21-22-15(16(17,18)19)26(12)23-13/h4-5,11H,3,6-10H2,1-2H3,(H,20,27). The first-order valence-corrected chi connectivity index (χ1v) is 8.80. The second kappa shape index (κ2) is 7.67. The molecule has 0 saturated carbocycles. The van der Waals surface area contributed by atoms with E-state index in [0.717, 1.165) is 17.5 Å². The van der Waals surface area contributed by atoms with Crippen LogP contribution in [0.5, 0.6) is 0 Å². The third-order valence-corrected chi connectivity index (χ3v) is 4.23. The van der Waals surface area contributed by atoms with Gasteiger partial charge in [0.25, 0.3) is 5.82 Å². The Labute approximate surface area is 154 Å². The van der Waals surface area contributed by atoms with Crippen molar-refractivity contribution in [3.05, 3.63) is 18.0 Å². The number of amides is 1. The third-order valence-electron chi connectivity index (χ3n) is 4.23. The highest BCUT2D eigenvalue weighted by molar-refractivity contribution is 5.78. The smallest absolute Gasteiger partial charge is 0.354 e. The maximum atomic E-state index is 13.0. The number of nitrogens with one attached hydrogen (secondary N) is 1. The quantitative estimate of drug-likeness (QED) is 0.852. The molecule has 1 amide bonds. The first-order valence-electron chi connectivity index (χ1n) is 8.80. The van der Waals surface area contributed by atoms with E-state index in [0.29, 0.717) is 32.0 Å². The van der Waals surface area contributed by atoms with Crippen molar-refractivity contribution in [3.63, 3.8) is 0 Å². The second-order valence-corrected chi connectivity index (χ2v) is 6.82. The highest BCUT2D eigenvalue weighted by atomic mass is 19.4. The fraction of sp³-hybridized carbons (Fsp3) is 0.625. The summed E-state index contributed by atoms with van der Waals surface area (Å²) in [5.41, 5.74) is 0.0490. The van der Waals surface area contributed by atoms with E-state index in [4.69, 9.17) is 0 Å². The van der Waals surface area contributed by atoms with Gasteiger partial charge < -0.3 is 10.2 Å². The Bertz CT molecular complexity index is 805. The molecule has 27 heavy (non-hydrogen) atoms. The van der Waals surface area contributed by atoms with Gasteiger partial charge in [-0.05, 0) is 32.4 Å². The average molecular weight is 385 g/mol. The third kappa shape index (κ3) is 4.65. The Kier molecular flexibility index (Phi) is 5.49. The Morgan fingerprint density at radius 1 is 1.19 bits per heavy atom. The molecule has 8 nitrogen and oxygen atoms in total. The van der Waals surface area contributed by atoms with Crippen LogP contribution < -0.4 is 10.2 Å². The number of nitrogens with zero attached hydrogens (tertiary/aromatic N) is 6. The van der Waals surface area contributed by atoms with Crippen LogP contribution in [0.2, 0.25) is 0 Å². The number of carbonyl (C=O) groups excluding carboxylic acids is 1. The van der Waals surface area contributed by atoms with Crippen LogP contribution in [0.25, 0.3) is 5.65 Å². The van der Waals surface area contributed by atoms with Crippen LogP contribution in [-0.2, 0) is 11.0 Å². The molecule has 1 aliphatic rings. The molecule has 0 bridgehead atoms. The number of hydrogen-bond donors (Lipinski definition) is 1. The van der Waals surface area contributed by atoms with Crippen molar-refractivity contribution in [3.8, 4) is 0 Å². The number of anilines is 1. The van der Waals surface area contributed by atoms with E-state index in [2.05, 4.69) is 20.6 Å². The van der Waals surface area contributed by atoms with Gasteiger partial charge in [-0.1, -0.05) is 0 Å². The molecule has 11 heteroatoms. The number of carbonyl (C=O) groups is 1. The predicted octanol–water partition coefficient (Wildman–Crippen LogP) is 1.18. The summed E-state index contributed by atoms with van der Waals surface area (Å²) in [5, 5.41) is 13.7. The molecular weight excluding hydrogens is 363 g/mol. The van der Waals surface area contributed by atoms with E-state index in [1.54, 1.807) is 6.07 Å². The predicted molar refractivity (Wildman–Crippen MR) is 92.3 cm³/mol. The molecule has 1 fully saturated rings. The van der Waals surface area contributed by atoms with Crippen LogP contribution in [0, 0.1) is 0 Å². The number of hydrogen-bond acceptors (Lipinski definition) is 6. The summed E-state index contributed by atoms with van der Waals surface area (Å²) in [4.78, 5) is 15.9. The molecule has 0 radical (unpaired) electrons. The fourth-order valence-electron chi connectivity index (χ4n) is 3.05. The molecule has 148 valence electrons. The van der Waals surface area contributed by atoms with Gasteiger partial charge in [-0.25, -0.2) is 0 Å². The van der Waals surface area contributed by atoms with Gasteiger partial charge in [-0.15, -0.1) is 15.3 Å². The van der Waals surface area contributed by atoms with E-state index in [-0.39, 0.29) is 17.6 Å². The minimum atomic E-state index is -4.62. The molecule has 1 saturated heterocycles. The Balaban J connectivity index is 1.71. The molecule has 0 unspecified atom stereocenters. The Morgan fingerprint density at radius 3 is 2.67 bits per heavy atom. The maximum absolute atomic E-state index is 13.0. The first kappa shape index (κ1) is 19.3. The highest BCUT2D eigenvalue weighted by Gasteiger charge is 2.37. The number of halogens is 3. The first-order chi connectivity index (χ1) is 12.7. The van der Waals surface area contributed by atoms with Gasteiger partial charge >= 0.3 is 6.18 Å². The van der Waals surface area contributed by atoms with Crippen LogP contribution in [0.4, 0.5) is 19.0 Å². The summed E-state index contributed by atoms with van der Waals surface area (Å²) in [6.45, 7) is 6.70. The summed E-state index contributed by atoms with van der Waals surface area (Å²) >= 11 is 0. The fourth-order valence-corrected chi connectivity index (χ4v) is 3.05. The lowest BCUT2D eigenvalue weighted by Crippen LogP contribution is -2.41. The zero-order chi connectivity index (χ0) is 19.6. The molecule has 1 N–H and O–H groups in total. The van der Waals surface area contributed by atoms with E-state index < -0.39 is 12.0 Å². The van der Waals surface area contributed by atoms with Crippen molar-refractivity contribution in [1.82, 2.24) is 30.0 Å². The summed E-state index contributed by atoms with van der Waals surface area (Å²) in [7, 11) is 0. The topological polar surface area (TPSA) is 78.7 Å². The van der Waals surface area contributed by atoms with Gasteiger partial charge in [0.1, 0.15) is 5.82 Å². The molecule has 3 heterocycles. The largest absolute Gasteiger partial charge is 0.453 e. The monoisotopic (exact) mass is 385 g/mol. The zero-order valence-corrected chi connectivity index (χ0v) is 15.2. The van der Waals surface area contributed by atoms with Gasteiger partial charge in [-0.3, -0.25) is 9.69 Å². The number of alkyl halides is 3. The van der Waals surface area contributed by atoms with Crippen molar-refractivity contribution in [2.24, 2.45) is 0 Å². The molecule has 0 aliphatic carbocycles. The lowest BCUT2D eigenvalue weighted by molar-refractivity contribution is -0.146. The van der Waals surface area contributed by atoms with Crippen molar-refractivity contribution >= 4 is 17.4 Å². The highest BCUT2D eigenvalue weighted by Crippen LogP contribution is 2.28. The van der Waals surface area contributed by atoms with Gasteiger partial charge in [0, 0.05) is 32.2 Å². The van der Waals surface area contributed by atoms with Gasteiger partial charge in [0.15, 0.2) is 5.65 Å².